The zero-order valence-electron chi connectivity index (χ0n) is 11.0. The molecule has 7 nitrogen and oxygen atoms in total. The van der Waals surface area contributed by atoms with Crippen molar-refractivity contribution in [3.8, 4) is 0 Å². The van der Waals surface area contributed by atoms with Crippen LogP contribution in [-0.2, 0) is 16.6 Å². The predicted molar refractivity (Wildman–Crippen MR) is 72.2 cm³/mol. The number of rotatable bonds is 6. The number of hydrogen-bond acceptors (Lipinski definition) is 4. The minimum atomic E-state index is -3.75. The minimum Gasteiger partial charge on any atom is -0.477 e. The van der Waals surface area contributed by atoms with Crippen LogP contribution in [0.3, 0.4) is 0 Å². The van der Waals surface area contributed by atoms with E-state index in [0.29, 0.717) is 5.76 Å². The van der Waals surface area contributed by atoms with Crippen molar-refractivity contribution in [2.24, 2.45) is 0 Å². The van der Waals surface area contributed by atoms with Gasteiger partial charge >= 0.3 is 5.97 Å². The first kappa shape index (κ1) is 13.9. The second-order valence-electron chi connectivity index (χ2n) is 4.92. The van der Waals surface area contributed by atoms with Crippen molar-refractivity contribution in [3.63, 3.8) is 0 Å². The number of carboxylic acids is 1. The van der Waals surface area contributed by atoms with Crippen molar-refractivity contribution in [3.05, 3.63) is 42.1 Å². The SMILES string of the molecule is O=C(O)c1cc(S(=O)(=O)N(Cc2ccco2)C2CC2)c[nH]1. The van der Waals surface area contributed by atoms with Crippen LogP contribution in [0.2, 0.25) is 0 Å². The molecule has 0 saturated heterocycles. The second-order valence-corrected chi connectivity index (χ2v) is 6.81. The Bertz CT molecular complexity index is 743. The molecular formula is C13H14N2O5S. The van der Waals surface area contributed by atoms with Gasteiger partial charge in [-0.05, 0) is 31.0 Å². The summed E-state index contributed by atoms with van der Waals surface area (Å²) in [6.07, 6.45) is 4.30. The van der Waals surface area contributed by atoms with Gasteiger partial charge in [0.15, 0.2) is 0 Å². The molecule has 0 atom stereocenters. The molecule has 1 aliphatic rings. The van der Waals surface area contributed by atoms with Gasteiger partial charge in [-0.15, -0.1) is 0 Å². The molecule has 1 fully saturated rings. The first-order chi connectivity index (χ1) is 9.98. The number of aromatic carboxylic acids is 1. The van der Waals surface area contributed by atoms with Crippen molar-refractivity contribution in [2.75, 3.05) is 0 Å². The summed E-state index contributed by atoms with van der Waals surface area (Å²) in [6, 6.07) is 4.49. The van der Waals surface area contributed by atoms with Crippen molar-refractivity contribution < 1.29 is 22.7 Å². The number of sulfonamides is 1. The van der Waals surface area contributed by atoms with E-state index in [9.17, 15) is 13.2 Å². The Morgan fingerprint density at radius 3 is 2.76 bits per heavy atom. The van der Waals surface area contributed by atoms with Crippen molar-refractivity contribution in [2.45, 2.75) is 30.3 Å². The Hall–Kier alpha value is -2.06. The summed E-state index contributed by atoms with van der Waals surface area (Å²) in [5.41, 5.74) is -0.151. The van der Waals surface area contributed by atoms with Gasteiger partial charge in [-0.2, -0.15) is 4.31 Å². The first-order valence-electron chi connectivity index (χ1n) is 6.44. The van der Waals surface area contributed by atoms with Crippen LogP contribution in [0.25, 0.3) is 0 Å². The molecule has 112 valence electrons. The van der Waals surface area contributed by atoms with E-state index >= 15 is 0 Å². The lowest BCUT2D eigenvalue weighted by Gasteiger charge is -2.19. The maximum Gasteiger partial charge on any atom is 0.352 e. The molecule has 1 aliphatic carbocycles. The van der Waals surface area contributed by atoms with Gasteiger partial charge in [-0.3, -0.25) is 0 Å². The predicted octanol–water partition coefficient (Wildman–Crippen LogP) is 1.66. The number of H-pyrrole nitrogens is 1. The summed E-state index contributed by atoms with van der Waals surface area (Å²) in [7, 11) is -3.75. The Morgan fingerprint density at radius 1 is 1.48 bits per heavy atom. The largest absolute Gasteiger partial charge is 0.477 e. The number of carboxylic acid groups (broad SMARTS) is 1. The van der Waals surface area contributed by atoms with Gasteiger partial charge in [0.05, 0.1) is 12.8 Å². The summed E-state index contributed by atoms with van der Waals surface area (Å²) in [5.74, 6) is -0.639. The fourth-order valence-electron chi connectivity index (χ4n) is 2.11. The molecule has 2 N–H and O–H groups in total. The van der Waals surface area contributed by atoms with Crippen molar-refractivity contribution in [1.82, 2.24) is 9.29 Å². The van der Waals surface area contributed by atoms with E-state index in [2.05, 4.69) is 4.98 Å². The first-order valence-corrected chi connectivity index (χ1v) is 7.88. The average molecular weight is 310 g/mol. The third-order valence-electron chi connectivity index (χ3n) is 3.34. The van der Waals surface area contributed by atoms with Gasteiger partial charge in [0.2, 0.25) is 10.0 Å². The highest BCUT2D eigenvalue weighted by Gasteiger charge is 2.39. The Balaban J connectivity index is 1.91. The third kappa shape index (κ3) is 2.72. The Kier molecular flexibility index (Phi) is 3.34. The maximum absolute atomic E-state index is 12.6. The highest BCUT2D eigenvalue weighted by atomic mass is 32.2. The summed E-state index contributed by atoms with van der Waals surface area (Å²) in [4.78, 5) is 13.3. The minimum absolute atomic E-state index is 0.0432. The van der Waals surface area contributed by atoms with E-state index in [0.717, 1.165) is 18.9 Å². The van der Waals surface area contributed by atoms with Crippen LogP contribution in [0.4, 0.5) is 0 Å². The fourth-order valence-corrected chi connectivity index (χ4v) is 3.76. The van der Waals surface area contributed by atoms with Gasteiger partial charge in [-0.1, -0.05) is 0 Å². The topological polar surface area (TPSA) is 104 Å². The van der Waals surface area contributed by atoms with Gasteiger partial charge in [-0.25, -0.2) is 13.2 Å². The number of aromatic nitrogens is 1. The van der Waals surface area contributed by atoms with E-state index in [1.807, 2.05) is 0 Å². The van der Waals surface area contributed by atoms with Crippen LogP contribution in [-0.4, -0.2) is 34.8 Å². The smallest absolute Gasteiger partial charge is 0.352 e. The highest BCUT2D eigenvalue weighted by molar-refractivity contribution is 7.89. The monoisotopic (exact) mass is 310 g/mol. The molecule has 2 heterocycles. The number of aromatic amines is 1. The lowest BCUT2D eigenvalue weighted by molar-refractivity contribution is 0.0691. The van der Waals surface area contributed by atoms with Crippen LogP contribution < -0.4 is 0 Å². The molecule has 0 amide bonds. The molecule has 2 aromatic heterocycles. The lowest BCUT2D eigenvalue weighted by atomic mass is 10.4. The van der Waals surface area contributed by atoms with Gasteiger partial charge in [0, 0.05) is 12.2 Å². The van der Waals surface area contributed by atoms with Crippen LogP contribution in [0.1, 0.15) is 29.1 Å². The standard InChI is InChI=1S/C13H14N2O5S/c16-13(17)12-6-11(7-14-12)21(18,19)15(9-3-4-9)8-10-2-1-5-20-10/h1-2,5-7,9,14H,3-4,8H2,(H,16,17). The number of furan rings is 1. The molecule has 8 heteroatoms. The maximum atomic E-state index is 12.6. The fraction of sp³-hybridized carbons (Fsp3) is 0.308. The van der Waals surface area contributed by atoms with E-state index in [1.165, 1.54) is 16.8 Å². The summed E-state index contributed by atoms with van der Waals surface area (Å²) in [5, 5.41) is 8.88. The van der Waals surface area contributed by atoms with E-state index in [-0.39, 0.29) is 23.2 Å². The van der Waals surface area contributed by atoms with E-state index in [1.54, 1.807) is 12.1 Å². The third-order valence-corrected chi connectivity index (χ3v) is 5.22. The quantitative estimate of drug-likeness (QED) is 0.844. The number of hydrogen-bond donors (Lipinski definition) is 2. The van der Waals surface area contributed by atoms with Gasteiger partial charge in [0.25, 0.3) is 0 Å². The normalized spacial score (nSPS) is 15.5. The zero-order chi connectivity index (χ0) is 15.0. The van der Waals surface area contributed by atoms with Gasteiger partial charge < -0.3 is 14.5 Å². The molecule has 0 unspecified atom stereocenters. The van der Waals surface area contributed by atoms with Crippen LogP contribution >= 0.6 is 0 Å². The molecule has 0 aliphatic heterocycles. The Labute approximate surface area is 121 Å². The number of carbonyl (C=O) groups is 1. The van der Waals surface area contributed by atoms with E-state index < -0.39 is 16.0 Å². The summed E-state index contributed by atoms with van der Waals surface area (Å²) in [6.45, 7) is 0.146. The molecular weight excluding hydrogens is 296 g/mol. The summed E-state index contributed by atoms with van der Waals surface area (Å²) >= 11 is 0. The molecule has 21 heavy (non-hydrogen) atoms. The molecule has 0 radical (unpaired) electrons. The Morgan fingerprint density at radius 2 is 2.24 bits per heavy atom. The summed E-state index contributed by atoms with van der Waals surface area (Å²) < 4.78 is 31.9. The van der Waals surface area contributed by atoms with Crippen LogP contribution in [0.5, 0.6) is 0 Å². The van der Waals surface area contributed by atoms with Crippen molar-refractivity contribution in [1.29, 1.82) is 0 Å². The zero-order valence-corrected chi connectivity index (χ0v) is 11.8. The molecule has 0 aromatic carbocycles. The van der Waals surface area contributed by atoms with Crippen LogP contribution in [0, 0.1) is 0 Å². The lowest BCUT2D eigenvalue weighted by Crippen LogP contribution is -2.32. The molecule has 3 rings (SSSR count). The number of nitrogens with one attached hydrogen (secondary N) is 1. The average Bonchev–Trinajstić information content (AvgIpc) is 2.95. The van der Waals surface area contributed by atoms with Gasteiger partial charge in [0.1, 0.15) is 16.3 Å². The number of nitrogens with zero attached hydrogens (tertiary/aromatic N) is 1. The molecule has 0 spiro atoms. The second kappa shape index (κ2) is 5.05. The molecule has 1 saturated carbocycles. The molecule has 2 aromatic rings. The highest BCUT2D eigenvalue weighted by Crippen LogP contribution is 2.33. The molecule has 0 bridgehead atoms. The van der Waals surface area contributed by atoms with Crippen molar-refractivity contribution >= 4 is 16.0 Å². The van der Waals surface area contributed by atoms with E-state index in [4.69, 9.17) is 9.52 Å². The van der Waals surface area contributed by atoms with Crippen LogP contribution in [0.15, 0.2) is 40.0 Å².